The molecule has 636 valence electrons. The maximum Gasteiger partial charge on any atom is 0.270 e. The molecule has 9 aromatic heterocycles. The van der Waals surface area contributed by atoms with Crippen molar-refractivity contribution >= 4 is 79.3 Å². The third kappa shape index (κ3) is 17.7. The number of thioether (sulfide) groups is 1. The predicted molar refractivity (Wildman–Crippen MR) is 464 cm³/mol. The number of amides is 3. The first-order chi connectivity index (χ1) is 61.5. The lowest BCUT2D eigenvalue weighted by Crippen LogP contribution is -2.29. The molecule has 6 N–H and O–H groups in total. The Hall–Kier alpha value is -16.8. The van der Waals surface area contributed by atoms with Gasteiger partial charge < -0.3 is 39.6 Å². The van der Waals surface area contributed by atoms with Gasteiger partial charge in [-0.3, -0.25) is 62.7 Å². The quantitative estimate of drug-likeness (QED) is 0.0271. The van der Waals surface area contributed by atoms with Crippen LogP contribution in [0.5, 0.6) is 46.3 Å². The Morgan fingerprint density at radius 2 is 0.709 bits per heavy atom. The molecule has 9 aromatic carbocycles. The molecule has 127 heavy (non-hydrogen) atoms. The standard InChI is InChI=1S/C31H24F2N6O4.C30H22F2N6O4.C30H22F2N6O3S/c1-3-42-29-11-9-23(31(41)39(29)22-7-4-20(32)5-8-22)30(40)37-21-6-10-27(25(33)13-21)43-28-12-18-17-36-38(2)26(18)14-24(28)19-15-34-35-16-19;1-37-25-13-23(18-14-33-34-15-18)27(11-17(25)16-35-37)42-26-9-5-20(12-24(26)32)36-29(39)22-8-10-28(41-2)38(30(22)40)21-6-3-19(31)4-7-21;1-37-25-13-23(18-14-33-34-15-18)27(11-17(25)16-35-37)41-26-9-5-20(12-24(26)32)36-29(39)22-8-10-28(42-2)38(30(22)40)21-6-3-19(31)4-7-21/h4-17H,3H2,1-2H3,(H,34,35)(H,37,40);2*3-16H,1-2H3,(H,33,34)(H,36,39). The lowest BCUT2D eigenvalue weighted by atomic mass is 10.1. The van der Waals surface area contributed by atoms with E-state index in [0.717, 1.165) is 72.2 Å². The molecule has 29 nitrogen and oxygen atoms in total. The Morgan fingerprint density at radius 1 is 0.386 bits per heavy atom. The van der Waals surface area contributed by atoms with Crippen molar-refractivity contribution in [1.29, 1.82) is 0 Å². The summed E-state index contributed by atoms with van der Waals surface area (Å²) in [5.74, 6) is -4.60. The Balaban J connectivity index is 0.000000140. The molecule has 0 saturated heterocycles. The molecule has 18 aromatic rings. The van der Waals surface area contributed by atoms with Gasteiger partial charge in [0.25, 0.3) is 34.4 Å². The average molecular weight is 1740 g/mol. The Labute approximate surface area is 718 Å². The second-order valence-corrected chi connectivity index (χ2v) is 28.9. The molecule has 9 heterocycles. The van der Waals surface area contributed by atoms with Crippen LogP contribution in [0.4, 0.5) is 43.4 Å². The minimum atomic E-state index is -0.768. The molecule has 0 bridgehead atoms. The van der Waals surface area contributed by atoms with E-state index >= 15 is 13.2 Å². The average Bonchev–Trinajstić information content (AvgIpc) is 1.69. The molecule has 0 aliphatic carbocycles. The van der Waals surface area contributed by atoms with Gasteiger partial charge in [0.1, 0.15) is 51.4 Å². The number of benzene rings is 9. The van der Waals surface area contributed by atoms with Gasteiger partial charge in [-0.2, -0.15) is 30.6 Å². The van der Waals surface area contributed by atoms with Gasteiger partial charge in [0.05, 0.1) is 83.8 Å². The van der Waals surface area contributed by atoms with Crippen LogP contribution >= 0.6 is 11.8 Å². The van der Waals surface area contributed by atoms with Crippen molar-refractivity contribution in [3.8, 4) is 96.7 Å². The van der Waals surface area contributed by atoms with E-state index < -0.39 is 69.3 Å². The maximum atomic E-state index is 15.3. The van der Waals surface area contributed by atoms with E-state index in [9.17, 15) is 41.9 Å². The molecule has 0 radical (unpaired) electrons. The first kappa shape index (κ1) is 83.8. The minimum absolute atomic E-state index is 0.0658. The number of rotatable bonds is 22. The van der Waals surface area contributed by atoms with Crippen LogP contribution in [-0.2, 0) is 21.1 Å². The van der Waals surface area contributed by atoms with Crippen LogP contribution in [0.15, 0.2) is 275 Å². The van der Waals surface area contributed by atoms with E-state index in [1.807, 2.05) is 39.3 Å². The van der Waals surface area contributed by atoms with Crippen molar-refractivity contribution in [1.82, 2.24) is 73.6 Å². The zero-order valence-corrected chi connectivity index (χ0v) is 68.3. The number of H-pyrrole nitrogens is 3. The molecule has 0 unspecified atom stereocenters. The number of aryl methyl sites for hydroxylation is 3. The van der Waals surface area contributed by atoms with Gasteiger partial charge in [-0.25, -0.2) is 35.5 Å². The highest BCUT2D eigenvalue weighted by atomic mass is 32.2. The molecule has 36 heteroatoms. The number of ether oxygens (including phenoxy) is 5. The number of nitrogens with one attached hydrogen (secondary N) is 6. The number of aromatic nitrogens is 15. The summed E-state index contributed by atoms with van der Waals surface area (Å²) in [6.45, 7) is 2.01. The first-order valence-corrected chi connectivity index (χ1v) is 39.7. The largest absolute Gasteiger partial charge is 0.482 e. The summed E-state index contributed by atoms with van der Waals surface area (Å²) < 4.78 is 124. The third-order valence-electron chi connectivity index (χ3n) is 20.0. The van der Waals surface area contributed by atoms with Crippen LogP contribution in [0.2, 0.25) is 0 Å². The number of nitrogens with zero attached hydrogens (tertiary/aromatic N) is 12. The van der Waals surface area contributed by atoms with Crippen LogP contribution in [0.3, 0.4) is 0 Å². The third-order valence-corrected chi connectivity index (χ3v) is 20.8. The van der Waals surface area contributed by atoms with Crippen molar-refractivity contribution in [3.63, 3.8) is 0 Å². The lowest BCUT2D eigenvalue weighted by Gasteiger charge is -2.15. The van der Waals surface area contributed by atoms with E-state index in [2.05, 4.69) is 61.8 Å². The second kappa shape index (κ2) is 36.1. The number of halogens is 6. The highest BCUT2D eigenvalue weighted by Crippen LogP contribution is 2.42. The van der Waals surface area contributed by atoms with E-state index in [1.54, 1.807) is 107 Å². The number of anilines is 3. The fourth-order valence-electron chi connectivity index (χ4n) is 13.8. The second-order valence-electron chi connectivity index (χ2n) is 28.0. The van der Waals surface area contributed by atoms with Gasteiger partial charge in [0.2, 0.25) is 11.8 Å². The molecule has 0 spiro atoms. The van der Waals surface area contributed by atoms with E-state index in [4.69, 9.17) is 23.7 Å². The van der Waals surface area contributed by atoms with Crippen LogP contribution in [-0.4, -0.2) is 111 Å². The molecule has 18 rings (SSSR count). The normalized spacial score (nSPS) is 11.1. The summed E-state index contributed by atoms with van der Waals surface area (Å²) in [5, 5.41) is 43.8. The maximum absolute atomic E-state index is 15.3. The predicted octanol–water partition coefficient (Wildman–Crippen LogP) is 17.4. The highest BCUT2D eigenvalue weighted by molar-refractivity contribution is 7.98. The number of fused-ring (bicyclic) bond motifs is 3. The van der Waals surface area contributed by atoms with Crippen molar-refractivity contribution < 1.29 is 64.4 Å². The first-order valence-electron chi connectivity index (χ1n) is 38.4. The Morgan fingerprint density at radius 3 is 1.02 bits per heavy atom. The SMILES string of the molecule is CCOc1ccc(C(=O)Nc2ccc(Oc3cc4cnn(C)c4cc3-c3cn[nH]c3)c(F)c2)c(=O)n1-c1ccc(F)cc1.COc1ccc(C(=O)Nc2ccc(Oc3cc4cnn(C)c4cc3-c3cn[nH]c3)c(F)c2)c(=O)n1-c1ccc(F)cc1.CSc1ccc(C(=O)Nc2ccc(Oc3cc4cnn(C)c4cc3-c3cn[nH]c3)c(F)c2)c(=O)n1-c1ccc(F)cc1. The van der Waals surface area contributed by atoms with Gasteiger partial charge in [0.15, 0.2) is 34.7 Å². The zero-order chi connectivity index (χ0) is 88.8. The molecule has 0 atom stereocenters. The lowest BCUT2D eigenvalue weighted by molar-refractivity contribution is 0.101. The number of pyridine rings is 3. The van der Waals surface area contributed by atoms with Gasteiger partial charge in [-0.05, 0) is 195 Å². The van der Waals surface area contributed by atoms with E-state index in [-0.39, 0.29) is 69.4 Å². The van der Waals surface area contributed by atoms with Crippen LogP contribution < -0.4 is 56.3 Å². The molecule has 0 aliphatic heterocycles. The Bertz CT molecular complexity index is 7120. The topological polar surface area (TPSA) is 339 Å². The van der Waals surface area contributed by atoms with Gasteiger partial charge in [0, 0.05) is 130 Å². The van der Waals surface area contributed by atoms with Gasteiger partial charge in [-0.15, -0.1) is 11.8 Å². The van der Waals surface area contributed by atoms with E-state index in [0.29, 0.717) is 56.0 Å². The van der Waals surface area contributed by atoms with Crippen molar-refractivity contribution in [2.45, 2.75) is 11.9 Å². The molecule has 3 amide bonds. The van der Waals surface area contributed by atoms with Crippen LogP contribution in [0.25, 0.3) is 83.2 Å². The summed E-state index contributed by atoms with van der Waals surface area (Å²) >= 11 is 1.30. The van der Waals surface area contributed by atoms with Crippen LogP contribution in [0, 0.1) is 34.9 Å². The number of aromatic amines is 3. The summed E-state index contributed by atoms with van der Waals surface area (Å²) in [6.07, 6.45) is 16.8. The minimum Gasteiger partial charge on any atom is -0.482 e. The fourth-order valence-corrected chi connectivity index (χ4v) is 14.3. The summed E-state index contributed by atoms with van der Waals surface area (Å²) in [5.41, 5.74) is 5.62. The van der Waals surface area contributed by atoms with Crippen molar-refractivity contribution in [2.75, 3.05) is 35.9 Å². The number of hydrogen-bond donors (Lipinski definition) is 6. The highest BCUT2D eigenvalue weighted by Gasteiger charge is 2.26. The molecular formula is C91H68F6N18O11S. The summed E-state index contributed by atoms with van der Waals surface area (Å²) in [4.78, 5) is 79.2. The summed E-state index contributed by atoms with van der Waals surface area (Å²) in [7, 11) is 6.83. The summed E-state index contributed by atoms with van der Waals surface area (Å²) in [6, 6.07) is 47.1. The molecule has 0 aliphatic rings. The van der Waals surface area contributed by atoms with Crippen molar-refractivity contribution in [2.24, 2.45) is 21.1 Å². The van der Waals surface area contributed by atoms with E-state index in [1.165, 1.54) is 168 Å². The van der Waals surface area contributed by atoms with Crippen LogP contribution in [0.1, 0.15) is 38.0 Å². The number of carbonyl (C=O) groups excluding carboxylic acids is 3. The van der Waals surface area contributed by atoms with Crippen molar-refractivity contribution in [3.05, 3.63) is 339 Å². The molecule has 0 saturated carbocycles. The zero-order valence-electron chi connectivity index (χ0n) is 67.5. The Kier molecular flexibility index (Phi) is 23.8. The monoisotopic (exact) mass is 1730 g/mol. The number of methoxy groups -OCH3 is 1. The smallest absolute Gasteiger partial charge is 0.270 e. The number of hydrogen-bond acceptors (Lipinski definition) is 18. The molecule has 0 fully saturated rings. The number of carbonyl (C=O) groups is 3. The van der Waals surface area contributed by atoms with Gasteiger partial charge >= 0.3 is 0 Å². The van der Waals surface area contributed by atoms with Gasteiger partial charge in [-0.1, -0.05) is 0 Å². The fraction of sp³-hybridized carbons (Fsp3) is 0.0769. The molecular weight excluding hydrogens is 1670 g/mol.